The lowest BCUT2D eigenvalue weighted by Gasteiger charge is -2.15. The molecule has 0 spiro atoms. The molecule has 1 amide bonds. The standard InChI is InChI=1S/C10H10N2O2S2/c11-5-8-9(14)12(10(15)16-8)6-1-3-7(13)4-2-6/h1-4,8,13H,5,11H2. The molecule has 0 radical (unpaired) electrons. The number of thiocarbonyl (C=S) groups is 1. The van der Waals surface area contributed by atoms with Gasteiger partial charge in [0.25, 0.3) is 0 Å². The van der Waals surface area contributed by atoms with Crippen molar-refractivity contribution in [2.45, 2.75) is 5.25 Å². The zero-order valence-corrected chi connectivity index (χ0v) is 9.92. The molecule has 0 bridgehead atoms. The van der Waals surface area contributed by atoms with Crippen LogP contribution in [0.4, 0.5) is 5.69 Å². The van der Waals surface area contributed by atoms with Crippen LogP contribution in [0.25, 0.3) is 0 Å². The summed E-state index contributed by atoms with van der Waals surface area (Å²) in [6.45, 7) is 0.276. The van der Waals surface area contributed by atoms with Crippen molar-refractivity contribution in [3.8, 4) is 5.75 Å². The van der Waals surface area contributed by atoms with Crippen molar-refractivity contribution in [1.82, 2.24) is 0 Å². The van der Waals surface area contributed by atoms with Crippen LogP contribution in [0.1, 0.15) is 0 Å². The number of carbonyl (C=O) groups excluding carboxylic acids is 1. The number of anilines is 1. The van der Waals surface area contributed by atoms with Crippen LogP contribution in [-0.2, 0) is 4.79 Å². The number of amides is 1. The fourth-order valence-corrected chi connectivity index (χ4v) is 2.83. The van der Waals surface area contributed by atoms with Gasteiger partial charge in [-0.1, -0.05) is 24.0 Å². The van der Waals surface area contributed by atoms with Crippen LogP contribution >= 0.6 is 24.0 Å². The number of carbonyl (C=O) groups is 1. The average Bonchev–Trinajstić information content (AvgIpc) is 2.56. The maximum atomic E-state index is 11.9. The summed E-state index contributed by atoms with van der Waals surface area (Å²) in [6.07, 6.45) is 0. The molecule has 2 rings (SSSR count). The van der Waals surface area contributed by atoms with E-state index < -0.39 is 0 Å². The van der Waals surface area contributed by atoms with Crippen LogP contribution < -0.4 is 10.6 Å². The second-order valence-corrected chi connectivity index (χ2v) is 5.13. The van der Waals surface area contributed by atoms with E-state index in [0.717, 1.165) is 0 Å². The van der Waals surface area contributed by atoms with E-state index in [0.29, 0.717) is 10.0 Å². The third kappa shape index (κ3) is 1.91. The van der Waals surface area contributed by atoms with Gasteiger partial charge in [0.2, 0.25) is 5.91 Å². The van der Waals surface area contributed by atoms with Crippen molar-refractivity contribution in [3.05, 3.63) is 24.3 Å². The zero-order chi connectivity index (χ0) is 11.7. The zero-order valence-electron chi connectivity index (χ0n) is 8.29. The molecule has 16 heavy (non-hydrogen) atoms. The monoisotopic (exact) mass is 254 g/mol. The molecule has 3 N–H and O–H groups in total. The highest BCUT2D eigenvalue weighted by atomic mass is 32.2. The van der Waals surface area contributed by atoms with Gasteiger partial charge in [0.05, 0.1) is 5.69 Å². The van der Waals surface area contributed by atoms with E-state index in [1.807, 2.05) is 0 Å². The lowest BCUT2D eigenvalue weighted by atomic mass is 10.2. The summed E-state index contributed by atoms with van der Waals surface area (Å²) in [4.78, 5) is 13.4. The van der Waals surface area contributed by atoms with E-state index in [2.05, 4.69) is 0 Å². The normalized spacial score (nSPS) is 20.6. The minimum absolute atomic E-state index is 0.0943. The Balaban J connectivity index is 2.31. The Morgan fingerprint density at radius 1 is 1.44 bits per heavy atom. The van der Waals surface area contributed by atoms with E-state index in [1.54, 1.807) is 12.1 Å². The Bertz CT molecular complexity index is 433. The van der Waals surface area contributed by atoms with Crippen LogP contribution in [-0.4, -0.2) is 27.1 Å². The fraction of sp³-hybridized carbons (Fsp3) is 0.200. The summed E-state index contributed by atoms with van der Waals surface area (Å²) in [5, 5.41) is 8.88. The van der Waals surface area contributed by atoms with Gasteiger partial charge in [-0.05, 0) is 24.3 Å². The van der Waals surface area contributed by atoms with Crippen molar-refractivity contribution in [1.29, 1.82) is 0 Å². The molecular formula is C10H10N2O2S2. The van der Waals surface area contributed by atoms with Crippen LogP contribution in [0, 0.1) is 0 Å². The smallest absolute Gasteiger partial charge is 0.247 e. The Kier molecular flexibility index (Phi) is 3.13. The molecule has 0 aliphatic carbocycles. The Morgan fingerprint density at radius 3 is 2.56 bits per heavy atom. The summed E-state index contributed by atoms with van der Waals surface area (Å²) in [7, 11) is 0. The summed E-state index contributed by atoms with van der Waals surface area (Å²) in [5.74, 6) is 0.0625. The molecule has 84 valence electrons. The Hall–Kier alpha value is -1.11. The summed E-state index contributed by atoms with van der Waals surface area (Å²) < 4.78 is 0.506. The van der Waals surface area contributed by atoms with Gasteiger partial charge in [-0.2, -0.15) is 0 Å². The molecule has 6 heteroatoms. The van der Waals surface area contributed by atoms with Crippen molar-refractivity contribution in [3.63, 3.8) is 0 Å². The maximum Gasteiger partial charge on any atom is 0.247 e. The molecule has 4 nitrogen and oxygen atoms in total. The molecule has 1 aromatic rings. The Morgan fingerprint density at radius 2 is 2.06 bits per heavy atom. The number of nitrogens with two attached hydrogens (primary N) is 1. The predicted octanol–water partition coefficient (Wildman–Crippen LogP) is 1.08. The van der Waals surface area contributed by atoms with Crippen LogP contribution in [0.2, 0.25) is 0 Å². The number of phenols is 1. The van der Waals surface area contributed by atoms with E-state index >= 15 is 0 Å². The van der Waals surface area contributed by atoms with Crippen molar-refractivity contribution in [2.24, 2.45) is 5.73 Å². The van der Waals surface area contributed by atoms with Gasteiger partial charge in [0.1, 0.15) is 15.3 Å². The molecule has 1 heterocycles. The molecule has 1 aromatic carbocycles. The first-order chi connectivity index (χ1) is 7.63. The van der Waals surface area contributed by atoms with Crippen LogP contribution in [0.5, 0.6) is 5.75 Å². The van der Waals surface area contributed by atoms with E-state index in [1.165, 1.54) is 28.8 Å². The second-order valence-electron chi connectivity index (χ2n) is 3.30. The van der Waals surface area contributed by atoms with E-state index in [9.17, 15) is 4.79 Å². The molecular weight excluding hydrogens is 244 g/mol. The molecule has 1 aliphatic heterocycles. The van der Waals surface area contributed by atoms with E-state index in [4.69, 9.17) is 23.1 Å². The van der Waals surface area contributed by atoms with Gasteiger partial charge in [-0.3, -0.25) is 9.69 Å². The first-order valence-electron chi connectivity index (χ1n) is 4.67. The lowest BCUT2D eigenvalue weighted by Crippen LogP contribution is -2.34. The van der Waals surface area contributed by atoms with E-state index in [-0.39, 0.29) is 23.5 Å². The minimum Gasteiger partial charge on any atom is -0.508 e. The Labute approximate surface area is 102 Å². The molecule has 1 atom stereocenters. The SMILES string of the molecule is NCC1SC(=S)N(c2ccc(O)cc2)C1=O. The third-order valence-corrected chi connectivity index (χ3v) is 3.78. The quantitative estimate of drug-likeness (QED) is 0.773. The fourth-order valence-electron chi connectivity index (χ4n) is 1.44. The molecule has 1 unspecified atom stereocenters. The third-order valence-electron chi connectivity index (χ3n) is 2.24. The lowest BCUT2D eigenvalue weighted by molar-refractivity contribution is -0.116. The molecule has 0 aromatic heterocycles. The van der Waals surface area contributed by atoms with Crippen molar-refractivity contribution < 1.29 is 9.90 Å². The molecule has 1 fully saturated rings. The summed E-state index contributed by atoms with van der Waals surface area (Å²) >= 11 is 6.43. The van der Waals surface area contributed by atoms with Crippen molar-refractivity contribution >= 4 is 39.9 Å². The van der Waals surface area contributed by atoms with Gasteiger partial charge in [-0.25, -0.2) is 0 Å². The number of nitrogens with zero attached hydrogens (tertiary/aromatic N) is 1. The highest BCUT2D eigenvalue weighted by Crippen LogP contribution is 2.32. The number of benzene rings is 1. The highest BCUT2D eigenvalue weighted by molar-refractivity contribution is 8.25. The van der Waals surface area contributed by atoms with Crippen molar-refractivity contribution in [2.75, 3.05) is 11.4 Å². The van der Waals surface area contributed by atoms with Gasteiger partial charge < -0.3 is 10.8 Å². The van der Waals surface area contributed by atoms with Gasteiger partial charge >= 0.3 is 0 Å². The number of hydrogen-bond donors (Lipinski definition) is 2. The largest absolute Gasteiger partial charge is 0.508 e. The highest BCUT2D eigenvalue weighted by Gasteiger charge is 2.36. The number of rotatable bonds is 2. The number of thioether (sulfide) groups is 1. The second kappa shape index (κ2) is 4.40. The molecule has 1 aliphatic rings. The van der Waals surface area contributed by atoms with Crippen LogP contribution in [0.3, 0.4) is 0 Å². The maximum absolute atomic E-state index is 11.9. The first-order valence-corrected chi connectivity index (χ1v) is 5.96. The molecule has 0 saturated carbocycles. The average molecular weight is 254 g/mol. The van der Waals surface area contributed by atoms with Gasteiger partial charge in [0.15, 0.2) is 0 Å². The topological polar surface area (TPSA) is 66.6 Å². The number of phenolic OH excluding ortho intramolecular Hbond substituents is 1. The first kappa shape index (κ1) is 11.4. The summed E-state index contributed by atoms with van der Waals surface area (Å²) in [6, 6.07) is 6.34. The van der Waals surface area contributed by atoms with Crippen LogP contribution in [0.15, 0.2) is 24.3 Å². The number of hydrogen-bond acceptors (Lipinski definition) is 5. The predicted molar refractivity (Wildman–Crippen MR) is 68.6 cm³/mol. The van der Waals surface area contributed by atoms with Gasteiger partial charge in [-0.15, -0.1) is 0 Å². The summed E-state index contributed by atoms with van der Waals surface area (Å²) in [5.41, 5.74) is 6.15. The number of aromatic hydroxyl groups is 1. The van der Waals surface area contributed by atoms with Gasteiger partial charge in [0, 0.05) is 6.54 Å². The molecule has 1 saturated heterocycles. The minimum atomic E-state index is -0.290.